The number of nitrogens with two attached hydrogens (primary N) is 1. The molecule has 0 fully saturated rings. The fourth-order valence-electron chi connectivity index (χ4n) is 1.31. The van der Waals surface area contributed by atoms with Gasteiger partial charge in [0.2, 0.25) is 0 Å². The fraction of sp³-hybridized carbons (Fsp3) is 0.364. The van der Waals surface area contributed by atoms with Crippen LogP contribution in [0.1, 0.15) is 30.5 Å². The summed E-state index contributed by atoms with van der Waals surface area (Å²) in [7, 11) is 0. The molecule has 1 rings (SSSR count). The third-order valence-electron chi connectivity index (χ3n) is 2.21. The Kier molecular flexibility index (Phi) is 5.97. The Labute approximate surface area is 95.7 Å². The van der Waals surface area contributed by atoms with Gasteiger partial charge in [-0.25, -0.2) is 0 Å². The van der Waals surface area contributed by atoms with E-state index in [0.29, 0.717) is 0 Å². The lowest BCUT2D eigenvalue weighted by atomic mass is 10.0. The standard InChI is InChI=1S/C11H15NO2.ClH/c1-2-8-3-5-9(6-4-8)10(12)7-11(13)14;/h3-6,10H,2,7,12H2,1H3,(H,13,14);1H/t10-;/m1./s1. The lowest BCUT2D eigenvalue weighted by Gasteiger charge is -2.09. The summed E-state index contributed by atoms with van der Waals surface area (Å²) in [5, 5.41) is 8.57. The van der Waals surface area contributed by atoms with Crippen LogP contribution in [-0.2, 0) is 11.2 Å². The topological polar surface area (TPSA) is 63.3 Å². The van der Waals surface area contributed by atoms with Crippen molar-refractivity contribution in [1.82, 2.24) is 0 Å². The summed E-state index contributed by atoms with van der Waals surface area (Å²) in [5.41, 5.74) is 7.82. The van der Waals surface area contributed by atoms with Gasteiger partial charge >= 0.3 is 5.97 Å². The van der Waals surface area contributed by atoms with Gasteiger partial charge in [0.15, 0.2) is 0 Å². The van der Waals surface area contributed by atoms with E-state index in [1.807, 2.05) is 24.3 Å². The van der Waals surface area contributed by atoms with Crippen molar-refractivity contribution < 1.29 is 9.90 Å². The summed E-state index contributed by atoms with van der Waals surface area (Å²) < 4.78 is 0. The van der Waals surface area contributed by atoms with Crippen LogP contribution in [0.4, 0.5) is 0 Å². The zero-order chi connectivity index (χ0) is 10.6. The molecule has 1 aromatic rings. The Morgan fingerprint density at radius 3 is 2.33 bits per heavy atom. The fourth-order valence-corrected chi connectivity index (χ4v) is 1.31. The number of carboxylic acids is 1. The summed E-state index contributed by atoms with van der Waals surface area (Å²) in [5.74, 6) is -0.864. The van der Waals surface area contributed by atoms with Crippen LogP contribution < -0.4 is 5.73 Å². The van der Waals surface area contributed by atoms with E-state index >= 15 is 0 Å². The quantitative estimate of drug-likeness (QED) is 0.832. The van der Waals surface area contributed by atoms with Crippen LogP contribution in [0.15, 0.2) is 24.3 Å². The highest BCUT2D eigenvalue weighted by Crippen LogP contribution is 2.14. The maximum absolute atomic E-state index is 10.4. The predicted molar refractivity (Wildman–Crippen MR) is 62.2 cm³/mol. The van der Waals surface area contributed by atoms with E-state index in [9.17, 15) is 4.79 Å². The van der Waals surface area contributed by atoms with Gasteiger partial charge in [-0.2, -0.15) is 0 Å². The highest BCUT2D eigenvalue weighted by Gasteiger charge is 2.09. The Balaban J connectivity index is 0.00000196. The molecule has 0 aliphatic heterocycles. The van der Waals surface area contributed by atoms with Gasteiger partial charge in [-0.15, -0.1) is 12.4 Å². The van der Waals surface area contributed by atoms with Crippen molar-refractivity contribution in [2.45, 2.75) is 25.8 Å². The lowest BCUT2D eigenvalue weighted by Crippen LogP contribution is -2.14. The molecule has 0 unspecified atom stereocenters. The van der Waals surface area contributed by atoms with Gasteiger partial charge in [-0.1, -0.05) is 31.2 Å². The van der Waals surface area contributed by atoms with Crippen molar-refractivity contribution in [3.05, 3.63) is 35.4 Å². The number of carboxylic acid groups (broad SMARTS) is 1. The van der Waals surface area contributed by atoms with Gasteiger partial charge in [0, 0.05) is 6.04 Å². The highest BCUT2D eigenvalue weighted by atomic mass is 35.5. The van der Waals surface area contributed by atoms with E-state index in [2.05, 4.69) is 6.92 Å². The van der Waals surface area contributed by atoms with Gasteiger partial charge in [0.1, 0.15) is 0 Å². The Hall–Kier alpha value is -1.06. The SMILES string of the molecule is CCc1ccc([C@H](N)CC(=O)O)cc1.Cl. The molecule has 3 N–H and O–H groups in total. The summed E-state index contributed by atoms with van der Waals surface area (Å²) in [6, 6.07) is 7.35. The smallest absolute Gasteiger partial charge is 0.305 e. The van der Waals surface area contributed by atoms with Crippen LogP contribution in [-0.4, -0.2) is 11.1 Å². The zero-order valence-electron chi connectivity index (χ0n) is 8.64. The molecule has 1 atom stereocenters. The first-order chi connectivity index (χ1) is 6.63. The summed E-state index contributed by atoms with van der Waals surface area (Å²) in [6.45, 7) is 2.08. The van der Waals surface area contributed by atoms with E-state index in [0.717, 1.165) is 12.0 Å². The van der Waals surface area contributed by atoms with E-state index < -0.39 is 12.0 Å². The molecular formula is C11H16ClNO2. The minimum atomic E-state index is -0.864. The monoisotopic (exact) mass is 229 g/mol. The largest absolute Gasteiger partial charge is 0.481 e. The second kappa shape index (κ2) is 6.43. The molecule has 4 heteroatoms. The molecule has 0 aliphatic rings. The third kappa shape index (κ3) is 4.32. The summed E-state index contributed by atoms with van der Waals surface area (Å²) in [4.78, 5) is 10.4. The van der Waals surface area contributed by atoms with Crippen molar-refractivity contribution in [2.75, 3.05) is 0 Å². The number of rotatable bonds is 4. The van der Waals surface area contributed by atoms with Gasteiger partial charge in [0.05, 0.1) is 6.42 Å². The predicted octanol–water partition coefficient (Wildman–Crippen LogP) is 2.15. The van der Waals surface area contributed by atoms with Gasteiger partial charge in [-0.3, -0.25) is 4.79 Å². The molecule has 0 amide bonds. The number of hydrogen-bond donors (Lipinski definition) is 2. The van der Waals surface area contributed by atoms with Crippen molar-refractivity contribution in [3.8, 4) is 0 Å². The molecule has 1 aromatic carbocycles. The highest BCUT2D eigenvalue weighted by molar-refractivity contribution is 5.85. The molecule has 0 radical (unpaired) electrons. The minimum Gasteiger partial charge on any atom is -0.481 e. The molecule has 0 spiro atoms. The van der Waals surface area contributed by atoms with Crippen LogP contribution in [0.2, 0.25) is 0 Å². The molecule has 15 heavy (non-hydrogen) atoms. The molecule has 0 bridgehead atoms. The summed E-state index contributed by atoms with van der Waals surface area (Å²) >= 11 is 0. The minimum absolute atomic E-state index is 0. The van der Waals surface area contributed by atoms with Crippen molar-refractivity contribution >= 4 is 18.4 Å². The molecule has 0 saturated heterocycles. The Morgan fingerprint density at radius 1 is 1.40 bits per heavy atom. The third-order valence-corrected chi connectivity index (χ3v) is 2.21. The number of aliphatic carboxylic acids is 1. The molecular weight excluding hydrogens is 214 g/mol. The van der Waals surface area contributed by atoms with Gasteiger partial charge in [-0.05, 0) is 17.5 Å². The van der Waals surface area contributed by atoms with Crippen LogP contribution in [0.3, 0.4) is 0 Å². The Morgan fingerprint density at radius 2 is 1.93 bits per heavy atom. The maximum atomic E-state index is 10.4. The van der Waals surface area contributed by atoms with Crippen LogP contribution >= 0.6 is 12.4 Å². The first-order valence-electron chi connectivity index (χ1n) is 4.69. The van der Waals surface area contributed by atoms with Crippen LogP contribution in [0, 0.1) is 0 Å². The van der Waals surface area contributed by atoms with E-state index in [1.54, 1.807) is 0 Å². The zero-order valence-corrected chi connectivity index (χ0v) is 9.46. The van der Waals surface area contributed by atoms with Crippen LogP contribution in [0.25, 0.3) is 0 Å². The second-order valence-electron chi connectivity index (χ2n) is 3.30. The molecule has 3 nitrogen and oxygen atoms in total. The molecule has 0 aliphatic carbocycles. The average molecular weight is 230 g/mol. The van der Waals surface area contributed by atoms with Crippen molar-refractivity contribution in [3.63, 3.8) is 0 Å². The van der Waals surface area contributed by atoms with Crippen molar-refractivity contribution in [2.24, 2.45) is 5.73 Å². The number of aryl methyl sites for hydroxylation is 1. The maximum Gasteiger partial charge on any atom is 0.305 e. The number of hydrogen-bond acceptors (Lipinski definition) is 2. The van der Waals surface area contributed by atoms with E-state index in [1.165, 1.54) is 5.56 Å². The number of carbonyl (C=O) groups is 1. The first kappa shape index (κ1) is 13.9. The normalized spacial score (nSPS) is 11.6. The second-order valence-corrected chi connectivity index (χ2v) is 3.30. The summed E-state index contributed by atoms with van der Waals surface area (Å²) in [6.07, 6.45) is 0.958. The molecule has 0 aromatic heterocycles. The average Bonchev–Trinajstić information content (AvgIpc) is 2.17. The lowest BCUT2D eigenvalue weighted by molar-refractivity contribution is -0.137. The molecule has 84 valence electrons. The molecule has 0 saturated carbocycles. The number of benzene rings is 1. The van der Waals surface area contributed by atoms with Crippen LogP contribution in [0.5, 0.6) is 0 Å². The van der Waals surface area contributed by atoms with E-state index in [-0.39, 0.29) is 18.8 Å². The van der Waals surface area contributed by atoms with Crippen molar-refractivity contribution in [1.29, 1.82) is 0 Å². The van der Waals surface area contributed by atoms with Gasteiger partial charge in [0.25, 0.3) is 0 Å². The first-order valence-corrected chi connectivity index (χ1v) is 4.69. The number of halogens is 1. The van der Waals surface area contributed by atoms with Gasteiger partial charge < -0.3 is 10.8 Å². The molecule has 0 heterocycles. The van der Waals surface area contributed by atoms with E-state index in [4.69, 9.17) is 10.8 Å². The Bertz CT molecular complexity index is 311.